The van der Waals surface area contributed by atoms with Crippen LogP contribution in [0.1, 0.15) is 37.0 Å². The van der Waals surface area contributed by atoms with Crippen molar-refractivity contribution in [2.24, 2.45) is 5.92 Å². The van der Waals surface area contributed by atoms with Gasteiger partial charge in [0.15, 0.2) is 0 Å². The van der Waals surface area contributed by atoms with Crippen molar-refractivity contribution >= 4 is 23.2 Å². The van der Waals surface area contributed by atoms with Crippen LogP contribution in [0.3, 0.4) is 0 Å². The normalized spacial score (nSPS) is 24.1. The van der Waals surface area contributed by atoms with Gasteiger partial charge in [0.2, 0.25) is 0 Å². The van der Waals surface area contributed by atoms with Gasteiger partial charge in [0.05, 0.1) is 10.6 Å². The third-order valence-corrected chi connectivity index (χ3v) is 4.17. The van der Waals surface area contributed by atoms with E-state index in [1.807, 2.05) is 4.90 Å². The van der Waals surface area contributed by atoms with E-state index in [4.69, 9.17) is 17.3 Å². The average molecular weight is 267 g/mol. The number of nitrogen functional groups attached to an aromatic ring is 1. The molecule has 1 amide bonds. The molecule has 1 aliphatic heterocycles. The molecule has 2 atom stereocenters. The molecule has 2 unspecified atom stereocenters. The summed E-state index contributed by atoms with van der Waals surface area (Å²) in [6.45, 7) is 5.10. The molecule has 0 spiro atoms. The van der Waals surface area contributed by atoms with Gasteiger partial charge in [-0.2, -0.15) is 0 Å². The number of piperidine rings is 1. The summed E-state index contributed by atoms with van der Waals surface area (Å²) < 4.78 is 0. The van der Waals surface area contributed by atoms with Gasteiger partial charge in [-0.15, -0.1) is 0 Å². The van der Waals surface area contributed by atoms with Crippen LogP contribution in [0, 0.1) is 5.92 Å². The highest BCUT2D eigenvalue weighted by Gasteiger charge is 2.29. The molecule has 0 aromatic heterocycles. The van der Waals surface area contributed by atoms with Gasteiger partial charge in [0.1, 0.15) is 0 Å². The Morgan fingerprint density at radius 2 is 2.17 bits per heavy atom. The van der Waals surface area contributed by atoms with Crippen molar-refractivity contribution in [1.29, 1.82) is 0 Å². The Hall–Kier alpha value is -1.22. The molecule has 2 N–H and O–H groups in total. The number of hydrogen-bond donors (Lipinski definition) is 1. The van der Waals surface area contributed by atoms with Crippen molar-refractivity contribution < 1.29 is 4.79 Å². The molecule has 0 bridgehead atoms. The zero-order valence-electron chi connectivity index (χ0n) is 10.8. The maximum Gasteiger partial charge on any atom is 0.255 e. The molecule has 2 rings (SSSR count). The Kier molecular flexibility index (Phi) is 3.81. The van der Waals surface area contributed by atoms with Gasteiger partial charge >= 0.3 is 0 Å². The number of nitrogens with zero attached hydrogens (tertiary/aromatic N) is 1. The van der Waals surface area contributed by atoms with E-state index in [9.17, 15) is 4.79 Å². The van der Waals surface area contributed by atoms with Gasteiger partial charge in [-0.1, -0.05) is 18.5 Å². The first-order valence-electron chi connectivity index (χ1n) is 6.36. The number of benzene rings is 1. The summed E-state index contributed by atoms with van der Waals surface area (Å²) in [4.78, 5) is 14.4. The molecule has 4 heteroatoms. The highest BCUT2D eigenvalue weighted by molar-refractivity contribution is 6.34. The van der Waals surface area contributed by atoms with Crippen LogP contribution in [0.4, 0.5) is 5.69 Å². The molecule has 1 aromatic carbocycles. The summed E-state index contributed by atoms with van der Waals surface area (Å²) in [6, 6.07) is 5.33. The van der Waals surface area contributed by atoms with Crippen molar-refractivity contribution in [1.82, 2.24) is 4.90 Å². The molecule has 3 nitrogen and oxygen atoms in total. The minimum atomic E-state index is 0.0130. The van der Waals surface area contributed by atoms with Crippen LogP contribution in [0.5, 0.6) is 0 Å². The predicted octanol–water partition coefficient (Wildman–Crippen LogP) is 3.18. The number of carbonyl (C=O) groups excluding carboxylic acids is 1. The maximum absolute atomic E-state index is 12.5. The van der Waals surface area contributed by atoms with Gasteiger partial charge in [-0.05, 0) is 43.9 Å². The van der Waals surface area contributed by atoms with E-state index in [0.29, 0.717) is 22.2 Å². The molecule has 18 heavy (non-hydrogen) atoms. The fourth-order valence-corrected chi connectivity index (χ4v) is 2.75. The van der Waals surface area contributed by atoms with Crippen LogP contribution >= 0.6 is 11.6 Å². The molecule has 1 aliphatic rings. The number of carbonyl (C=O) groups is 1. The van der Waals surface area contributed by atoms with Gasteiger partial charge in [-0.25, -0.2) is 0 Å². The van der Waals surface area contributed by atoms with Crippen LogP contribution in [-0.2, 0) is 0 Å². The SMILES string of the molecule is CC1CCCN(C(=O)c2ccc(N)cc2Cl)C1C. The van der Waals surface area contributed by atoms with Crippen molar-refractivity contribution in [2.45, 2.75) is 32.7 Å². The minimum absolute atomic E-state index is 0.0130. The first-order chi connectivity index (χ1) is 8.50. The zero-order chi connectivity index (χ0) is 13.3. The minimum Gasteiger partial charge on any atom is -0.399 e. The molecule has 1 aromatic rings. The largest absolute Gasteiger partial charge is 0.399 e. The summed E-state index contributed by atoms with van der Waals surface area (Å²) >= 11 is 6.10. The van der Waals surface area contributed by atoms with Crippen LogP contribution in [-0.4, -0.2) is 23.4 Å². The number of likely N-dealkylation sites (tertiary alicyclic amines) is 1. The van der Waals surface area contributed by atoms with Gasteiger partial charge < -0.3 is 10.6 Å². The Labute approximate surface area is 113 Å². The lowest BCUT2D eigenvalue weighted by atomic mass is 9.91. The second-order valence-electron chi connectivity index (χ2n) is 5.10. The summed E-state index contributed by atoms with van der Waals surface area (Å²) in [5.74, 6) is 0.550. The summed E-state index contributed by atoms with van der Waals surface area (Å²) in [7, 11) is 0. The lowest BCUT2D eigenvalue weighted by molar-refractivity contribution is 0.0551. The van der Waals surface area contributed by atoms with E-state index in [1.165, 1.54) is 6.42 Å². The zero-order valence-corrected chi connectivity index (χ0v) is 11.6. The maximum atomic E-state index is 12.5. The van der Waals surface area contributed by atoms with E-state index in [2.05, 4.69) is 13.8 Å². The lowest BCUT2D eigenvalue weighted by Crippen LogP contribution is -2.46. The van der Waals surface area contributed by atoms with Crippen molar-refractivity contribution in [3.05, 3.63) is 28.8 Å². The summed E-state index contributed by atoms with van der Waals surface area (Å²) in [5.41, 5.74) is 6.77. The number of anilines is 1. The van der Waals surface area contributed by atoms with Crippen LogP contribution in [0.25, 0.3) is 0 Å². The molecule has 98 valence electrons. The molecule has 0 radical (unpaired) electrons. The van der Waals surface area contributed by atoms with E-state index in [0.717, 1.165) is 13.0 Å². The second-order valence-corrected chi connectivity index (χ2v) is 5.51. The third kappa shape index (κ3) is 2.46. The quantitative estimate of drug-likeness (QED) is 0.794. The standard InChI is InChI=1S/C14H19ClN2O/c1-9-4-3-7-17(10(9)2)14(18)12-6-5-11(16)8-13(12)15/h5-6,8-10H,3-4,7,16H2,1-2H3. The molecule has 1 heterocycles. The highest BCUT2D eigenvalue weighted by Crippen LogP contribution is 2.27. The van der Waals surface area contributed by atoms with Gasteiger partial charge in [0.25, 0.3) is 5.91 Å². The number of hydrogen-bond acceptors (Lipinski definition) is 2. The van der Waals surface area contributed by atoms with E-state index >= 15 is 0 Å². The van der Waals surface area contributed by atoms with Crippen molar-refractivity contribution in [3.63, 3.8) is 0 Å². The highest BCUT2D eigenvalue weighted by atomic mass is 35.5. The van der Waals surface area contributed by atoms with E-state index in [1.54, 1.807) is 18.2 Å². The fourth-order valence-electron chi connectivity index (χ4n) is 2.48. The number of nitrogens with two attached hydrogens (primary N) is 1. The van der Waals surface area contributed by atoms with Crippen LogP contribution in [0.2, 0.25) is 5.02 Å². The first kappa shape index (κ1) is 13.2. The number of halogens is 1. The topological polar surface area (TPSA) is 46.3 Å². The number of rotatable bonds is 1. The Morgan fingerprint density at radius 3 is 2.83 bits per heavy atom. The summed E-state index contributed by atoms with van der Waals surface area (Å²) in [5, 5.41) is 0.436. The second kappa shape index (κ2) is 5.19. The molecular weight excluding hydrogens is 248 g/mol. The fraction of sp³-hybridized carbons (Fsp3) is 0.500. The van der Waals surface area contributed by atoms with Gasteiger partial charge in [0, 0.05) is 18.3 Å². The molecular formula is C14H19ClN2O. The first-order valence-corrected chi connectivity index (χ1v) is 6.74. The monoisotopic (exact) mass is 266 g/mol. The third-order valence-electron chi connectivity index (χ3n) is 3.86. The van der Waals surface area contributed by atoms with Crippen molar-refractivity contribution in [3.8, 4) is 0 Å². The lowest BCUT2D eigenvalue weighted by Gasteiger charge is -2.38. The average Bonchev–Trinajstić information content (AvgIpc) is 2.32. The van der Waals surface area contributed by atoms with E-state index in [-0.39, 0.29) is 11.9 Å². The molecule has 0 aliphatic carbocycles. The smallest absolute Gasteiger partial charge is 0.255 e. The van der Waals surface area contributed by atoms with Crippen LogP contribution in [0.15, 0.2) is 18.2 Å². The van der Waals surface area contributed by atoms with Crippen molar-refractivity contribution in [2.75, 3.05) is 12.3 Å². The Morgan fingerprint density at radius 1 is 1.44 bits per heavy atom. The number of amides is 1. The van der Waals surface area contributed by atoms with E-state index < -0.39 is 0 Å². The Balaban J connectivity index is 2.25. The molecule has 1 fully saturated rings. The van der Waals surface area contributed by atoms with Crippen LogP contribution < -0.4 is 5.73 Å². The van der Waals surface area contributed by atoms with Gasteiger partial charge in [-0.3, -0.25) is 4.79 Å². The summed E-state index contributed by atoms with van der Waals surface area (Å²) in [6.07, 6.45) is 2.24. The Bertz CT molecular complexity index is 461. The molecule has 0 saturated carbocycles. The molecule has 1 saturated heterocycles. The predicted molar refractivity (Wildman–Crippen MR) is 74.8 cm³/mol.